The molecule has 4 fully saturated rings. The summed E-state index contributed by atoms with van der Waals surface area (Å²) >= 11 is 0. The summed E-state index contributed by atoms with van der Waals surface area (Å²) in [5.74, 6) is 0. The van der Waals surface area contributed by atoms with Crippen molar-refractivity contribution in [3.8, 4) is 0 Å². The smallest absolute Gasteiger partial charge is 0.0367 e. The van der Waals surface area contributed by atoms with Gasteiger partial charge in [-0.3, -0.25) is 4.90 Å². The van der Waals surface area contributed by atoms with Crippen LogP contribution in [0.1, 0.15) is 38.5 Å². The lowest BCUT2D eigenvalue weighted by Crippen LogP contribution is -2.68. The number of fused-ring (bicyclic) bond motifs is 4. The molecule has 0 saturated carbocycles. The van der Waals surface area contributed by atoms with E-state index in [4.69, 9.17) is 0 Å². The Balaban J connectivity index is 1.64. The molecule has 0 radical (unpaired) electrons. The summed E-state index contributed by atoms with van der Waals surface area (Å²) in [7, 11) is 2.35. The first-order chi connectivity index (χ1) is 8.28. The first-order valence-electron chi connectivity index (χ1n) is 7.48. The van der Waals surface area contributed by atoms with Gasteiger partial charge in [-0.05, 0) is 52.1 Å². The van der Waals surface area contributed by atoms with E-state index in [-0.39, 0.29) is 0 Å². The van der Waals surface area contributed by atoms with Crippen molar-refractivity contribution < 1.29 is 0 Å². The van der Waals surface area contributed by atoms with E-state index in [1.54, 1.807) is 0 Å². The van der Waals surface area contributed by atoms with Crippen molar-refractivity contribution in [3.63, 3.8) is 0 Å². The summed E-state index contributed by atoms with van der Waals surface area (Å²) in [6.07, 6.45) is 8.59. The Labute approximate surface area is 105 Å². The molecule has 0 aromatic rings. The normalized spacial score (nSPS) is 51.0. The third-order valence-electron chi connectivity index (χ3n) is 6.04. The van der Waals surface area contributed by atoms with Crippen LogP contribution in [0.3, 0.4) is 0 Å². The van der Waals surface area contributed by atoms with Gasteiger partial charge < -0.3 is 10.2 Å². The molecule has 4 saturated heterocycles. The van der Waals surface area contributed by atoms with Gasteiger partial charge in [0.15, 0.2) is 0 Å². The number of rotatable bonds is 0. The Morgan fingerprint density at radius 1 is 1.06 bits per heavy atom. The number of hydrogen-bond acceptors (Lipinski definition) is 3. The number of nitrogens with one attached hydrogen (secondary N) is 1. The molecule has 2 bridgehead atoms. The second-order valence-electron chi connectivity index (χ2n) is 6.80. The minimum atomic E-state index is 0.526. The van der Waals surface area contributed by atoms with Crippen molar-refractivity contribution in [3.05, 3.63) is 0 Å². The highest BCUT2D eigenvalue weighted by Gasteiger charge is 2.53. The molecule has 0 aromatic carbocycles. The molecule has 4 aliphatic heterocycles. The lowest BCUT2D eigenvalue weighted by atomic mass is 9.79. The number of piperidine rings is 1. The van der Waals surface area contributed by atoms with Crippen LogP contribution in [0.5, 0.6) is 0 Å². The SMILES string of the molecule is CN1C2CCC1CC1(CNC[C@@H]3CCCN31)C2. The third kappa shape index (κ3) is 1.45. The van der Waals surface area contributed by atoms with Crippen molar-refractivity contribution in [1.82, 2.24) is 15.1 Å². The summed E-state index contributed by atoms with van der Waals surface area (Å²) in [6.45, 7) is 3.87. The zero-order chi connectivity index (χ0) is 11.5. The minimum absolute atomic E-state index is 0.526. The van der Waals surface area contributed by atoms with Gasteiger partial charge in [-0.25, -0.2) is 0 Å². The van der Waals surface area contributed by atoms with Gasteiger partial charge in [0.2, 0.25) is 0 Å². The van der Waals surface area contributed by atoms with Crippen LogP contribution in [0.2, 0.25) is 0 Å². The molecule has 0 amide bonds. The summed E-state index contributed by atoms with van der Waals surface area (Å²) < 4.78 is 0. The first-order valence-corrected chi connectivity index (χ1v) is 7.48. The van der Waals surface area contributed by atoms with Gasteiger partial charge in [0.25, 0.3) is 0 Å². The summed E-state index contributed by atoms with van der Waals surface area (Å²) in [5.41, 5.74) is 0.526. The fraction of sp³-hybridized carbons (Fsp3) is 1.00. The van der Waals surface area contributed by atoms with Gasteiger partial charge >= 0.3 is 0 Å². The van der Waals surface area contributed by atoms with Crippen LogP contribution in [0.15, 0.2) is 0 Å². The van der Waals surface area contributed by atoms with Gasteiger partial charge in [-0.15, -0.1) is 0 Å². The Hall–Kier alpha value is -0.120. The molecule has 0 aliphatic carbocycles. The topological polar surface area (TPSA) is 18.5 Å². The van der Waals surface area contributed by atoms with Gasteiger partial charge in [0.1, 0.15) is 0 Å². The lowest BCUT2D eigenvalue weighted by Gasteiger charge is -2.55. The molecule has 17 heavy (non-hydrogen) atoms. The zero-order valence-corrected chi connectivity index (χ0v) is 11.0. The molecule has 4 aliphatic rings. The van der Waals surface area contributed by atoms with Crippen LogP contribution in [0.25, 0.3) is 0 Å². The predicted octanol–water partition coefficient (Wildman–Crippen LogP) is 1.05. The van der Waals surface area contributed by atoms with Crippen LogP contribution in [-0.2, 0) is 0 Å². The number of hydrogen-bond donors (Lipinski definition) is 1. The van der Waals surface area contributed by atoms with E-state index in [0.29, 0.717) is 5.54 Å². The molecule has 4 rings (SSSR count). The molecule has 1 N–H and O–H groups in total. The van der Waals surface area contributed by atoms with Crippen LogP contribution < -0.4 is 5.32 Å². The van der Waals surface area contributed by atoms with Crippen LogP contribution in [-0.4, -0.2) is 60.1 Å². The van der Waals surface area contributed by atoms with E-state index in [1.807, 2.05) is 0 Å². The predicted molar refractivity (Wildman–Crippen MR) is 69.1 cm³/mol. The number of piperazine rings is 1. The van der Waals surface area contributed by atoms with Crippen molar-refractivity contribution in [1.29, 1.82) is 0 Å². The average molecular weight is 235 g/mol. The summed E-state index contributed by atoms with van der Waals surface area (Å²) in [6, 6.07) is 2.59. The molecule has 2 unspecified atom stereocenters. The molecular formula is C14H25N3. The van der Waals surface area contributed by atoms with Gasteiger partial charge in [-0.2, -0.15) is 0 Å². The molecule has 3 atom stereocenters. The first kappa shape index (κ1) is 10.8. The summed E-state index contributed by atoms with van der Waals surface area (Å²) in [5, 5.41) is 3.74. The van der Waals surface area contributed by atoms with E-state index in [2.05, 4.69) is 22.2 Å². The average Bonchev–Trinajstić information content (AvgIpc) is 2.86. The molecule has 3 heteroatoms. The van der Waals surface area contributed by atoms with Crippen LogP contribution >= 0.6 is 0 Å². The Morgan fingerprint density at radius 2 is 1.82 bits per heavy atom. The van der Waals surface area contributed by atoms with Crippen molar-refractivity contribution >= 4 is 0 Å². The highest BCUT2D eigenvalue weighted by atomic mass is 15.3. The van der Waals surface area contributed by atoms with Crippen molar-refractivity contribution in [2.45, 2.75) is 62.2 Å². The fourth-order valence-corrected chi connectivity index (χ4v) is 5.17. The largest absolute Gasteiger partial charge is 0.313 e. The highest BCUT2D eigenvalue weighted by Crippen LogP contribution is 2.45. The maximum atomic E-state index is 3.74. The Bertz CT molecular complexity index is 303. The quantitative estimate of drug-likeness (QED) is 0.677. The second kappa shape index (κ2) is 3.69. The lowest BCUT2D eigenvalue weighted by molar-refractivity contribution is -0.0299. The van der Waals surface area contributed by atoms with E-state index < -0.39 is 0 Å². The van der Waals surface area contributed by atoms with Gasteiger partial charge in [0, 0.05) is 36.8 Å². The monoisotopic (exact) mass is 235 g/mol. The highest BCUT2D eigenvalue weighted by molar-refractivity contribution is 5.11. The van der Waals surface area contributed by atoms with Crippen molar-refractivity contribution in [2.75, 3.05) is 26.7 Å². The molecule has 1 spiro atoms. The van der Waals surface area contributed by atoms with Gasteiger partial charge in [0.05, 0.1) is 0 Å². The third-order valence-corrected chi connectivity index (χ3v) is 6.04. The molecule has 0 aromatic heterocycles. The van der Waals surface area contributed by atoms with Crippen LogP contribution in [0.4, 0.5) is 0 Å². The van der Waals surface area contributed by atoms with E-state index in [1.165, 1.54) is 58.2 Å². The Morgan fingerprint density at radius 3 is 2.59 bits per heavy atom. The van der Waals surface area contributed by atoms with Crippen LogP contribution in [0, 0.1) is 0 Å². The number of nitrogens with zero attached hydrogens (tertiary/aromatic N) is 2. The standard InChI is InChI=1S/C14H25N3/c1-16-11-4-5-12(16)8-14(7-11)10-15-9-13-3-2-6-17(13)14/h11-13,15H,2-10H2,1H3/t11?,12?,13-,14?/m0/s1. The van der Waals surface area contributed by atoms with E-state index in [0.717, 1.165) is 18.1 Å². The van der Waals surface area contributed by atoms with E-state index in [9.17, 15) is 0 Å². The maximum Gasteiger partial charge on any atom is 0.0367 e. The minimum Gasteiger partial charge on any atom is -0.313 e. The molecule has 96 valence electrons. The van der Waals surface area contributed by atoms with Gasteiger partial charge in [-0.1, -0.05) is 0 Å². The Kier molecular flexibility index (Phi) is 2.34. The molecule has 3 nitrogen and oxygen atoms in total. The molecular weight excluding hydrogens is 210 g/mol. The molecule has 4 heterocycles. The van der Waals surface area contributed by atoms with E-state index >= 15 is 0 Å². The fourth-order valence-electron chi connectivity index (χ4n) is 5.17. The summed E-state index contributed by atoms with van der Waals surface area (Å²) in [4.78, 5) is 5.58. The zero-order valence-electron chi connectivity index (χ0n) is 11.0. The maximum absolute atomic E-state index is 3.74. The second-order valence-corrected chi connectivity index (χ2v) is 6.80. The van der Waals surface area contributed by atoms with Crippen molar-refractivity contribution in [2.24, 2.45) is 0 Å².